The van der Waals surface area contributed by atoms with Crippen LogP contribution in [0.2, 0.25) is 5.02 Å². The summed E-state index contributed by atoms with van der Waals surface area (Å²) in [5.74, 6) is 2.10. The topological polar surface area (TPSA) is 131 Å². The molecule has 1 aliphatic carbocycles. The van der Waals surface area contributed by atoms with Gasteiger partial charge in [-0.1, -0.05) is 31.4 Å². The highest BCUT2D eigenvalue weighted by atomic mass is 35.5. The Labute approximate surface area is 232 Å². The van der Waals surface area contributed by atoms with E-state index in [0.717, 1.165) is 42.3 Å². The molecular formula is C26H32ClN7O4S. The summed E-state index contributed by atoms with van der Waals surface area (Å²) in [5.41, 5.74) is 6.09. The van der Waals surface area contributed by atoms with Crippen LogP contribution >= 0.6 is 11.6 Å². The molecule has 0 aromatic carbocycles. The van der Waals surface area contributed by atoms with Gasteiger partial charge in [0.1, 0.15) is 0 Å². The van der Waals surface area contributed by atoms with Crippen molar-refractivity contribution in [1.82, 2.24) is 30.3 Å². The normalized spacial score (nSPS) is 26.9. The molecule has 0 bridgehead atoms. The zero-order valence-corrected chi connectivity index (χ0v) is 23.5. The molecule has 2 unspecified atom stereocenters. The lowest BCUT2D eigenvalue weighted by atomic mass is 9.83. The van der Waals surface area contributed by atoms with Gasteiger partial charge in [0.2, 0.25) is 5.95 Å². The number of hydrogen-bond donors (Lipinski definition) is 2. The van der Waals surface area contributed by atoms with E-state index in [1.807, 2.05) is 19.1 Å². The first kappa shape index (κ1) is 26.3. The number of anilines is 1. The Morgan fingerprint density at radius 3 is 2.62 bits per heavy atom. The van der Waals surface area contributed by atoms with Crippen LogP contribution in [0.4, 0.5) is 10.7 Å². The Balaban J connectivity index is 1.54. The Bertz CT molecular complexity index is 1520. The molecule has 1 saturated carbocycles. The highest BCUT2D eigenvalue weighted by Gasteiger charge is 2.34. The largest absolute Gasteiger partial charge is 0.427 e. The van der Waals surface area contributed by atoms with Gasteiger partial charge in [-0.05, 0) is 43.7 Å². The fourth-order valence-corrected chi connectivity index (χ4v) is 7.67. The molecule has 2 aliphatic heterocycles. The first-order valence-electron chi connectivity index (χ1n) is 13.4. The van der Waals surface area contributed by atoms with E-state index in [2.05, 4.69) is 32.2 Å². The summed E-state index contributed by atoms with van der Waals surface area (Å²) in [6.07, 6.45) is 6.66. The predicted molar refractivity (Wildman–Crippen MR) is 148 cm³/mol. The number of aromatic nitrogens is 4. The maximum absolute atomic E-state index is 12.4. The molecule has 2 saturated heterocycles. The quantitative estimate of drug-likeness (QED) is 0.467. The number of hydroxylamine groups is 1. The number of carbonyl (C=O) groups excluding carboxylic acids is 1. The lowest BCUT2D eigenvalue weighted by Crippen LogP contribution is -2.48. The van der Waals surface area contributed by atoms with Gasteiger partial charge in [0.15, 0.2) is 16.0 Å². The van der Waals surface area contributed by atoms with Gasteiger partial charge in [-0.2, -0.15) is 0 Å². The molecule has 13 heteroatoms. The average molecular weight is 574 g/mol. The third kappa shape index (κ3) is 5.29. The second kappa shape index (κ2) is 10.2. The van der Waals surface area contributed by atoms with Crippen molar-refractivity contribution >= 4 is 44.5 Å². The van der Waals surface area contributed by atoms with Crippen molar-refractivity contribution < 1.29 is 18.0 Å². The van der Waals surface area contributed by atoms with Crippen LogP contribution in [0.3, 0.4) is 0 Å². The maximum Gasteiger partial charge on any atom is 0.427 e. The van der Waals surface area contributed by atoms with Gasteiger partial charge in [0.25, 0.3) is 0 Å². The number of pyridine rings is 2. The van der Waals surface area contributed by atoms with Gasteiger partial charge in [-0.15, -0.1) is 5.48 Å². The predicted octanol–water partition coefficient (Wildman–Crippen LogP) is 3.84. The molecule has 208 valence electrons. The van der Waals surface area contributed by atoms with Crippen molar-refractivity contribution in [1.29, 1.82) is 0 Å². The fraction of sp³-hybridized carbons (Fsp3) is 0.538. The number of carbonyl (C=O) groups is 1. The zero-order chi connectivity index (χ0) is 27.3. The minimum atomic E-state index is -3.10. The van der Waals surface area contributed by atoms with Gasteiger partial charge in [-0.3, -0.25) is 10.3 Å². The number of nitrogens with zero attached hydrogens (tertiary/aromatic N) is 5. The highest BCUT2D eigenvalue weighted by Crippen LogP contribution is 2.37. The molecule has 3 aliphatic rings. The SMILES string of the molecule is CC1CCC(Cn2c(N3CCS(=O)(=O)CC3C)nc3cc(C4NOC(=O)N4)nc(-c4cncc(Cl)c4)c32)CC1. The van der Waals surface area contributed by atoms with Crippen LogP contribution < -0.4 is 15.7 Å². The standard InChI is InChI=1S/C26H32ClN7O4S/c1-15-3-5-17(6-4-15)13-34-23-20(30-25(34)33-7-8-39(36,37)14-16(33)2)10-21(24-31-26(35)38-32-24)29-22(23)18-9-19(27)12-28-11-18/h9-12,15-17,24,32H,3-8,13-14H2,1-2H3,(H,31,35). The van der Waals surface area contributed by atoms with E-state index < -0.39 is 22.1 Å². The third-order valence-electron chi connectivity index (χ3n) is 8.03. The minimum absolute atomic E-state index is 0.0844. The van der Waals surface area contributed by atoms with Crippen LogP contribution in [0, 0.1) is 11.8 Å². The second-order valence-corrected chi connectivity index (χ2v) is 13.7. The fourth-order valence-electron chi connectivity index (χ4n) is 5.94. The number of sulfone groups is 1. The Kier molecular flexibility index (Phi) is 6.88. The van der Waals surface area contributed by atoms with Crippen LogP contribution in [-0.4, -0.2) is 58.1 Å². The molecule has 0 radical (unpaired) electrons. The van der Waals surface area contributed by atoms with E-state index in [9.17, 15) is 13.2 Å². The van der Waals surface area contributed by atoms with E-state index in [1.54, 1.807) is 12.4 Å². The van der Waals surface area contributed by atoms with Crippen molar-refractivity contribution in [2.24, 2.45) is 11.8 Å². The lowest BCUT2D eigenvalue weighted by molar-refractivity contribution is 0.121. The highest BCUT2D eigenvalue weighted by molar-refractivity contribution is 7.91. The minimum Gasteiger partial charge on any atom is -0.351 e. The zero-order valence-electron chi connectivity index (χ0n) is 21.9. The van der Waals surface area contributed by atoms with E-state index in [4.69, 9.17) is 26.4 Å². The van der Waals surface area contributed by atoms with Gasteiger partial charge < -0.3 is 14.3 Å². The number of nitrogens with one attached hydrogen (secondary N) is 2. The Morgan fingerprint density at radius 1 is 1.13 bits per heavy atom. The molecular weight excluding hydrogens is 542 g/mol. The number of imidazole rings is 1. The molecule has 3 aromatic rings. The van der Waals surface area contributed by atoms with Crippen molar-refractivity contribution in [3.63, 3.8) is 0 Å². The monoisotopic (exact) mass is 573 g/mol. The van der Waals surface area contributed by atoms with E-state index in [0.29, 0.717) is 34.4 Å². The summed E-state index contributed by atoms with van der Waals surface area (Å²) in [6, 6.07) is 3.43. The number of fused-ring (bicyclic) bond motifs is 1. The van der Waals surface area contributed by atoms with Crippen LogP contribution in [0.15, 0.2) is 24.5 Å². The van der Waals surface area contributed by atoms with Crippen molar-refractivity contribution in [3.8, 4) is 11.3 Å². The van der Waals surface area contributed by atoms with Crippen LogP contribution in [0.1, 0.15) is 51.4 Å². The molecule has 6 rings (SSSR count). The van der Waals surface area contributed by atoms with E-state index >= 15 is 0 Å². The lowest BCUT2D eigenvalue weighted by Gasteiger charge is -2.35. The van der Waals surface area contributed by atoms with Crippen LogP contribution in [0.25, 0.3) is 22.3 Å². The van der Waals surface area contributed by atoms with Gasteiger partial charge in [0, 0.05) is 37.1 Å². The smallest absolute Gasteiger partial charge is 0.351 e. The third-order valence-corrected chi connectivity index (χ3v) is 10.0. The summed E-state index contributed by atoms with van der Waals surface area (Å²) in [7, 11) is -3.10. The molecule has 3 fully saturated rings. The molecule has 2 atom stereocenters. The van der Waals surface area contributed by atoms with Crippen molar-refractivity contribution in [2.45, 2.75) is 58.3 Å². The summed E-state index contributed by atoms with van der Waals surface area (Å²) in [5, 5.41) is 3.19. The van der Waals surface area contributed by atoms with Crippen molar-refractivity contribution in [2.75, 3.05) is 23.0 Å². The van der Waals surface area contributed by atoms with Crippen molar-refractivity contribution in [3.05, 3.63) is 35.2 Å². The second-order valence-electron chi connectivity index (χ2n) is 11.0. The summed E-state index contributed by atoms with van der Waals surface area (Å²) < 4.78 is 27.0. The first-order chi connectivity index (χ1) is 18.7. The number of amides is 1. The van der Waals surface area contributed by atoms with Gasteiger partial charge in [0.05, 0.1) is 38.9 Å². The average Bonchev–Trinajstić information content (AvgIpc) is 3.48. The molecule has 5 heterocycles. The molecule has 1 amide bonds. The molecule has 3 aromatic heterocycles. The Hall–Kier alpha value is -2.96. The summed E-state index contributed by atoms with van der Waals surface area (Å²) in [6.45, 7) is 5.36. The number of rotatable bonds is 5. The number of halogens is 1. The molecule has 2 N–H and O–H groups in total. The number of hydrogen-bond acceptors (Lipinski definition) is 9. The Morgan fingerprint density at radius 2 is 1.92 bits per heavy atom. The summed E-state index contributed by atoms with van der Waals surface area (Å²) >= 11 is 6.35. The van der Waals surface area contributed by atoms with Crippen LogP contribution in [0.5, 0.6) is 0 Å². The van der Waals surface area contributed by atoms with Crippen LogP contribution in [-0.2, 0) is 21.2 Å². The van der Waals surface area contributed by atoms with Gasteiger partial charge in [-0.25, -0.2) is 23.2 Å². The first-order valence-corrected chi connectivity index (χ1v) is 15.6. The molecule has 11 nitrogen and oxygen atoms in total. The van der Waals surface area contributed by atoms with E-state index in [-0.39, 0.29) is 17.5 Å². The van der Waals surface area contributed by atoms with Gasteiger partial charge >= 0.3 is 6.09 Å². The molecule has 0 spiro atoms. The molecule has 39 heavy (non-hydrogen) atoms. The van der Waals surface area contributed by atoms with E-state index in [1.165, 1.54) is 12.8 Å². The summed E-state index contributed by atoms with van der Waals surface area (Å²) in [4.78, 5) is 33.1. The maximum atomic E-state index is 12.4.